The molecule has 1 saturated heterocycles. The van der Waals surface area contributed by atoms with Crippen LogP contribution in [0.25, 0.3) is 0 Å². The summed E-state index contributed by atoms with van der Waals surface area (Å²) in [6, 6.07) is 5.56. The van der Waals surface area contributed by atoms with Crippen molar-refractivity contribution in [2.24, 2.45) is 0 Å². The molecule has 2 rings (SSSR count). The molecule has 1 unspecified atom stereocenters. The van der Waals surface area contributed by atoms with Crippen LogP contribution in [-0.4, -0.2) is 36.0 Å². The molecule has 6 heteroatoms. The van der Waals surface area contributed by atoms with Gasteiger partial charge in [-0.3, -0.25) is 15.0 Å². The minimum Gasteiger partial charge on any atom is -0.318 e. The maximum atomic E-state index is 10.7. The number of nitro groups is 1. The molecule has 1 atom stereocenters. The van der Waals surface area contributed by atoms with Gasteiger partial charge in [0.15, 0.2) is 0 Å². The molecule has 1 heterocycles. The molecule has 0 spiro atoms. The third-order valence-corrected chi connectivity index (χ3v) is 4.30. The average Bonchev–Trinajstić information content (AvgIpc) is 2.79. The maximum absolute atomic E-state index is 10.7. The first-order valence-corrected chi connectivity index (χ1v) is 7.22. The summed E-state index contributed by atoms with van der Waals surface area (Å²) >= 11 is 3.43. The zero-order chi connectivity index (χ0) is 13.8. The van der Waals surface area contributed by atoms with Gasteiger partial charge in [0.2, 0.25) is 0 Å². The third-order valence-electron chi connectivity index (χ3n) is 3.56. The first-order chi connectivity index (χ1) is 9.11. The van der Waals surface area contributed by atoms with Crippen LogP contribution in [0.2, 0.25) is 0 Å². The van der Waals surface area contributed by atoms with Crippen LogP contribution in [0.15, 0.2) is 22.7 Å². The Labute approximate surface area is 121 Å². The molecule has 1 aromatic rings. The lowest BCUT2D eigenvalue weighted by molar-refractivity contribution is -0.384. The van der Waals surface area contributed by atoms with Crippen LogP contribution < -0.4 is 5.32 Å². The zero-order valence-corrected chi connectivity index (χ0v) is 12.5. The zero-order valence-electron chi connectivity index (χ0n) is 10.9. The molecule has 1 fully saturated rings. The Morgan fingerprint density at radius 1 is 1.58 bits per heavy atom. The average molecular weight is 328 g/mol. The van der Waals surface area contributed by atoms with Gasteiger partial charge < -0.3 is 5.32 Å². The van der Waals surface area contributed by atoms with Gasteiger partial charge in [0.1, 0.15) is 0 Å². The molecule has 5 nitrogen and oxygen atoms in total. The lowest BCUT2D eigenvalue weighted by atomic mass is 10.1. The molecule has 1 aromatic carbocycles. The normalized spacial score (nSPS) is 19.8. The molecule has 0 bridgehead atoms. The van der Waals surface area contributed by atoms with Crippen LogP contribution >= 0.6 is 15.9 Å². The van der Waals surface area contributed by atoms with Crippen molar-refractivity contribution in [2.45, 2.75) is 25.4 Å². The second-order valence-corrected chi connectivity index (χ2v) is 5.71. The Balaban J connectivity index is 2.08. The highest BCUT2D eigenvalue weighted by Gasteiger charge is 2.24. The molecular weight excluding hydrogens is 310 g/mol. The summed E-state index contributed by atoms with van der Waals surface area (Å²) in [6.07, 6.45) is 2.43. The fraction of sp³-hybridized carbons (Fsp3) is 0.538. The molecule has 0 aromatic heterocycles. The van der Waals surface area contributed by atoms with E-state index in [1.165, 1.54) is 12.8 Å². The van der Waals surface area contributed by atoms with Gasteiger partial charge in [-0.2, -0.15) is 0 Å². The minimum atomic E-state index is -0.367. The standard InChI is InChI=1S/C13H18BrN3O2/c1-15-8-12-3-2-6-16(12)9-10-4-5-11(17(18)19)7-13(10)14/h4-5,7,12,15H,2-3,6,8-9H2,1H3. The fourth-order valence-corrected chi connectivity index (χ4v) is 3.06. The molecule has 0 saturated carbocycles. The van der Waals surface area contributed by atoms with Crippen LogP contribution in [0.1, 0.15) is 18.4 Å². The predicted molar refractivity (Wildman–Crippen MR) is 78.2 cm³/mol. The Bertz CT molecular complexity index is 467. The van der Waals surface area contributed by atoms with Gasteiger partial charge in [-0.15, -0.1) is 0 Å². The summed E-state index contributed by atoms with van der Waals surface area (Å²) in [5.74, 6) is 0. The van der Waals surface area contributed by atoms with Crippen molar-refractivity contribution in [3.05, 3.63) is 38.3 Å². The van der Waals surface area contributed by atoms with Gasteiger partial charge in [-0.1, -0.05) is 15.9 Å². The number of hydrogen-bond donors (Lipinski definition) is 1. The lowest BCUT2D eigenvalue weighted by Crippen LogP contribution is -2.36. The van der Waals surface area contributed by atoms with E-state index in [-0.39, 0.29) is 10.6 Å². The van der Waals surface area contributed by atoms with Gasteiger partial charge in [-0.05, 0) is 38.1 Å². The summed E-state index contributed by atoms with van der Waals surface area (Å²) in [7, 11) is 1.97. The minimum absolute atomic E-state index is 0.129. The van der Waals surface area contributed by atoms with E-state index in [1.54, 1.807) is 12.1 Å². The molecule has 104 valence electrons. The Morgan fingerprint density at radius 3 is 3.00 bits per heavy atom. The molecule has 0 amide bonds. The summed E-state index contributed by atoms with van der Waals surface area (Å²) in [4.78, 5) is 12.8. The highest BCUT2D eigenvalue weighted by atomic mass is 79.9. The largest absolute Gasteiger partial charge is 0.318 e. The van der Waals surface area contributed by atoms with Crippen molar-refractivity contribution in [3.8, 4) is 0 Å². The first-order valence-electron chi connectivity index (χ1n) is 6.43. The van der Waals surface area contributed by atoms with E-state index in [0.29, 0.717) is 6.04 Å². The van der Waals surface area contributed by atoms with Gasteiger partial charge in [-0.25, -0.2) is 0 Å². The number of halogens is 1. The summed E-state index contributed by atoms with van der Waals surface area (Å²) in [5.41, 5.74) is 1.23. The predicted octanol–water partition coefficient (Wildman–Crippen LogP) is 2.54. The smallest absolute Gasteiger partial charge is 0.270 e. The summed E-state index contributed by atoms with van der Waals surface area (Å²) in [6.45, 7) is 2.92. The Hall–Kier alpha value is -0.980. The van der Waals surface area contributed by atoms with Crippen LogP contribution in [0.4, 0.5) is 5.69 Å². The number of hydrogen-bond acceptors (Lipinski definition) is 4. The highest BCUT2D eigenvalue weighted by Crippen LogP contribution is 2.27. The van der Waals surface area contributed by atoms with Crippen LogP contribution in [0, 0.1) is 10.1 Å². The number of rotatable bonds is 5. The number of nitro benzene ring substituents is 1. The van der Waals surface area contributed by atoms with E-state index in [2.05, 4.69) is 26.1 Å². The Kier molecular flexibility index (Phi) is 4.90. The van der Waals surface area contributed by atoms with Gasteiger partial charge in [0.05, 0.1) is 4.92 Å². The number of non-ortho nitro benzene ring substituents is 1. The van der Waals surface area contributed by atoms with Crippen molar-refractivity contribution in [3.63, 3.8) is 0 Å². The van der Waals surface area contributed by atoms with E-state index in [1.807, 2.05) is 13.1 Å². The van der Waals surface area contributed by atoms with Crippen molar-refractivity contribution >= 4 is 21.6 Å². The molecular formula is C13H18BrN3O2. The molecule has 1 N–H and O–H groups in total. The molecule has 1 aliphatic heterocycles. The SMILES string of the molecule is CNCC1CCCN1Cc1ccc([N+](=O)[O-])cc1Br. The Morgan fingerprint density at radius 2 is 2.37 bits per heavy atom. The van der Waals surface area contributed by atoms with E-state index in [0.717, 1.165) is 29.7 Å². The van der Waals surface area contributed by atoms with Crippen molar-refractivity contribution in [2.75, 3.05) is 20.1 Å². The number of likely N-dealkylation sites (N-methyl/N-ethyl adjacent to an activating group) is 1. The van der Waals surface area contributed by atoms with Crippen LogP contribution in [-0.2, 0) is 6.54 Å². The number of nitrogens with zero attached hydrogens (tertiary/aromatic N) is 2. The highest BCUT2D eigenvalue weighted by molar-refractivity contribution is 9.10. The third kappa shape index (κ3) is 3.52. The van der Waals surface area contributed by atoms with Gasteiger partial charge >= 0.3 is 0 Å². The molecule has 19 heavy (non-hydrogen) atoms. The molecule has 1 aliphatic rings. The van der Waals surface area contributed by atoms with Crippen LogP contribution in [0.5, 0.6) is 0 Å². The quantitative estimate of drug-likeness (QED) is 0.667. The van der Waals surface area contributed by atoms with Gasteiger partial charge in [0.25, 0.3) is 5.69 Å². The molecule has 0 radical (unpaired) electrons. The fourth-order valence-electron chi connectivity index (χ4n) is 2.57. The van der Waals surface area contributed by atoms with E-state index in [9.17, 15) is 10.1 Å². The second-order valence-electron chi connectivity index (χ2n) is 4.86. The number of benzene rings is 1. The van der Waals surface area contributed by atoms with Crippen molar-refractivity contribution in [1.29, 1.82) is 0 Å². The summed E-state index contributed by atoms with van der Waals surface area (Å²) in [5, 5.41) is 13.9. The monoisotopic (exact) mass is 327 g/mol. The van der Waals surface area contributed by atoms with Gasteiger partial charge in [0, 0.05) is 35.7 Å². The van der Waals surface area contributed by atoms with E-state index >= 15 is 0 Å². The van der Waals surface area contributed by atoms with Crippen molar-refractivity contribution in [1.82, 2.24) is 10.2 Å². The number of nitrogens with one attached hydrogen (secondary N) is 1. The van der Waals surface area contributed by atoms with Crippen molar-refractivity contribution < 1.29 is 4.92 Å². The topological polar surface area (TPSA) is 58.4 Å². The number of likely N-dealkylation sites (tertiary alicyclic amines) is 1. The lowest BCUT2D eigenvalue weighted by Gasteiger charge is -2.24. The molecule has 0 aliphatic carbocycles. The van der Waals surface area contributed by atoms with E-state index in [4.69, 9.17) is 0 Å². The second kappa shape index (κ2) is 6.45. The maximum Gasteiger partial charge on any atom is 0.270 e. The first kappa shape index (κ1) is 14.4. The van der Waals surface area contributed by atoms with E-state index < -0.39 is 0 Å². The summed E-state index contributed by atoms with van der Waals surface area (Å²) < 4.78 is 0.816. The van der Waals surface area contributed by atoms with Crippen LogP contribution in [0.3, 0.4) is 0 Å².